The molecule has 86 valence electrons. The highest BCUT2D eigenvalue weighted by Crippen LogP contribution is 2.28. The topological polar surface area (TPSA) is 56.2 Å². The first-order valence-corrected chi connectivity index (χ1v) is 5.82. The van der Waals surface area contributed by atoms with Gasteiger partial charge in [0.05, 0.1) is 11.9 Å². The summed E-state index contributed by atoms with van der Waals surface area (Å²) >= 11 is 0. The Morgan fingerprint density at radius 3 is 3.25 bits per heavy atom. The number of anilines is 1. The molecular formula is C11H15N3O2. The highest BCUT2D eigenvalue weighted by atomic mass is 16.5. The lowest BCUT2D eigenvalue weighted by Crippen LogP contribution is -2.26. The minimum atomic E-state index is -0.0543. The molecule has 5 heteroatoms. The molecule has 0 saturated carbocycles. The van der Waals surface area contributed by atoms with Gasteiger partial charge in [-0.25, -0.2) is 4.68 Å². The smallest absolute Gasteiger partial charge is 0.184 e. The van der Waals surface area contributed by atoms with E-state index in [1.165, 1.54) is 0 Å². The van der Waals surface area contributed by atoms with Crippen molar-refractivity contribution >= 4 is 11.5 Å². The Morgan fingerprint density at radius 1 is 1.50 bits per heavy atom. The third-order valence-corrected chi connectivity index (χ3v) is 3.16. The van der Waals surface area contributed by atoms with E-state index in [9.17, 15) is 4.79 Å². The maximum Gasteiger partial charge on any atom is 0.184 e. The molecule has 1 aromatic heterocycles. The number of hydrogen-bond acceptors (Lipinski definition) is 4. The molecule has 2 aliphatic heterocycles. The number of ketones is 1. The number of rotatable bonds is 1. The van der Waals surface area contributed by atoms with E-state index in [2.05, 4.69) is 10.4 Å². The average molecular weight is 221 g/mol. The van der Waals surface area contributed by atoms with E-state index in [4.69, 9.17) is 4.74 Å². The van der Waals surface area contributed by atoms with Gasteiger partial charge in [-0.15, -0.1) is 0 Å². The van der Waals surface area contributed by atoms with Crippen LogP contribution in [0.2, 0.25) is 0 Å². The summed E-state index contributed by atoms with van der Waals surface area (Å²) in [4.78, 5) is 11.9. The van der Waals surface area contributed by atoms with Crippen molar-refractivity contribution in [3.63, 3.8) is 0 Å². The van der Waals surface area contributed by atoms with Crippen LogP contribution in [0.1, 0.15) is 42.4 Å². The van der Waals surface area contributed by atoms with Gasteiger partial charge in [-0.2, -0.15) is 5.10 Å². The summed E-state index contributed by atoms with van der Waals surface area (Å²) in [5.74, 6) is 0.167. The molecule has 1 N–H and O–H groups in total. The van der Waals surface area contributed by atoms with Gasteiger partial charge in [0.15, 0.2) is 12.0 Å². The largest absolute Gasteiger partial charge is 0.381 e. The zero-order chi connectivity index (χ0) is 11.0. The highest BCUT2D eigenvalue weighted by molar-refractivity contribution is 6.01. The summed E-state index contributed by atoms with van der Waals surface area (Å²) < 4.78 is 7.41. The first-order valence-electron chi connectivity index (χ1n) is 5.82. The minimum Gasteiger partial charge on any atom is -0.381 e. The number of hydrogen-bond donors (Lipinski definition) is 1. The Hall–Kier alpha value is -1.36. The van der Waals surface area contributed by atoms with Crippen molar-refractivity contribution < 1.29 is 9.53 Å². The summed E-state index contributed by atoms with van der Waals surface area (Å²) in [6, 6.07) is 0. The molecule has 3 rings (SSSR count). The van der Waals surface area contributed by atoms with E-state index in [0.717, 1.165) is 31.6 Å². The number of aromatic nitrogens is 2. The number of carbonyl (C=O) groups excluding carboxylic acids is 1. The molecule has 0 aliphatic carbocycles. The van der Waals surface area contributed by atoms with E-state index in [0.29, 0.717) is 18.7 Å². The molecular weight excluding hydrogens is 206 g/mol. The summed E-state index contributed by atoms with van der Waals surface area (Å²) in [6.45, 7) is 1.48. The lowest BCUT2D eigenvalue weighted by molar-refractivity contribution is -0.0405. The van der Waals surface area contributed by atoms with Gasteiger partial charge in [0.1, 0.15) is 5.69 Å². The second kappa shape index (κ2) is 3.90. The van der Waals surface area contributed by atoms with Gasteiger partial charge in [-0.3, -0.25) is 4.79 Å². The maximum atomic E-state index is 11.9. The van der Waals surface area contributed by atoms with Gasteiger partial charge in [-0.05, 0) is 19.3 Å². The van der Waals surface area contributed by atoms with E-state index in [1.54, 1.807) is 10.9 Å². The molecule has 0 aromatic carbocycles. The van der Waals surface area contributed by atoms with Crippen molar-refractivity contribution in [3.8, 4) is 0 Å². The normalized spacial score (nSPS) is 25.0. The Kier molecular flexibility index (Phi) is 2.40. The number of carbonyl (C=O) groups is 1. The summed E-state index contributed by atoms with van der Waals surface area (Å²) in [5, 5.41) is 7.47. The van der Waals surface area contributed by atoms with E-state index >= 15 is 0 Å². The fourth-order valence-corrected chi connectivity index (χ4v) is 2.33. The van der Waals surface area contributed by atoms with Gasteiger partial charge in [-0.1, -0.05) is 0 Å². The van der Waals surface area contributed by atoms with Crippen LogP contribution < -0.4 is 5.32 Å². The third-order valence-electron chi connectivity index (χ3n) is 3.16. The van der Waals surface area contributed by atoms with Gasteiger partial charge in [0.25, 0.3) is 0 Å². The summed E-state index contributed by atoms with van der Waals surface area (Å²) in [7, 11) is 0. The molecule has 1 fully saturated rings. The Labute approximate surface area is 93.8 Å². The molecule has 0 bridgehead atoms. The molecule has 5 nitrogen and oxygen atoms in total. The number of fused-ring (bicyclic) bond motifs is 1. The molecule has 3 heterocycles. The number of nitrogens with one attached hydrogen (secondary N) is 1. The molecule has 1 atom stereocenters. The predicted octanol–water partition coefficient (Wildman–Crippen LogP) is 1.58. The fourth-order valence-electron chi connectivity index (χ4n) is 2.33. The van der Waals surface area contributed by atoms with Crippen molar-refractivity contribution in [1.82, 2.24) is 9.78 Å². The van der Waals surface area contributed by atoms with Crippen molar-refractivity contribution in [2.24, 2.45) is 0 Å². The van der Waals surface area contributed by atoms with Crippen LogP contribution in [0.5, 0.6) is 0 Å². The zero-order valence-corrected chi connectivity index (χ0v) is 9.11. The quantitative estimate of drug-likeness (QED) is 0.782. The van der Waals surface area contributed by atoms with Crippen LogP contribution in [-0.2, 0) is 4.74 Å². The van der Waals surface area contributed by atoms with Gasteiger partial charge in [0, 0.05) is 19.6 Å². The first-order chi connectivity index (χ1) is 7.86. The lowest BCUT2D eigenvalue weighted by Gasteiger charge is -2.25. The van der Waals surface area contributed by atoms with Crippen LogP contribution in [0.15, 0.2) is 6.20 Å². The average Bonchev–Trinajstić information content (AvgIpc) is 2.75. The molecule has 2 aliphatic rings. The molecule has 0 radical (unpaired) electrons. The minimum absolute atomic E-state index is 0.0543. The van der Waals surface area contributed by atoms with Crippen molar-refractivity contribution in [1.29, 1.82) is 0 Å². The van der Waals surface area contributed by atoms with Crippen LogP contribution in [0.4, 0.5) is 5.69 Å². The summed E-state index contributed by atoms with van der Waals surface area (Å²) in [6.07, 6.45) is 5.41. The van der Waals surface area contributed by atoms with E-state index < -0.39 is 0 Å². The molecule has 0 spiro atoms. The van der Waals surface area contributed by atoms with Crippen LogP contribution in [0, 0.1) is 0 Å². The number of ether oxygens (including phenoxy) is 1. The molecule has 0 amide bonds. The first kappa shape index (κ1) is 9.84. The van der Waals surface area contributed by atoms with Crippen LogP contribution in [0.3, 0.4) is 0 Å². The van der Waals surface area contributed by atoms with Crippen molar-refractivity contribution in [2.75, 3.05) is 18.5 Å². The number of nitrogens with zero attached hydrogens (tertiary/aromatic N) is 2. The van der Waals surface area contributed by atoms with E-state index in [1.807, 2.05) is 0 Å². The maximum absolute atomic E-state index is 11.9. The third kappa shape index (κ3) is 1.51. The SMILES string of the molecule is O=C1CCNc2cnn(C3CCCCO3)c21. The number of Topliss-reactive ketones (excluding diaryl/α,β-unsaturated/α-hetero) is 1. The lowest BCUT2D eigenvalue weighted by atomic mass is 10.1. The highest BCUT2D eigenvalue weighted by Gasteiger charge is 2.27. The monoisotopic (exact) mass is 221 g/mol. The second-order valence-corrected chi connectivity index (χ2v) is 4.27. The molecule has 1 saturated heterocycles. The summed E-state index contributed by atoms with van der Waals surface area (Å²) in [5.41, 5.74) is 1.54. The van der Waals surface area contributed by atoms with Crippen molar-refractivity contribution in [3.05, 3.63) is 11.9 Å². The second-order valence-electron chi connectivity index (χ2n) is 4.27. The van der Waals surface area contributed by atoms with Crippen LogP contribution in [-0.4, -0.2) is 28.7 Å². The van der Waals surface area contributed by atoms with Gasteiger partial charge < -0.3 is 10.1 Å². The fraction of sp³-hybridized carbons (Fsp3) is 0.636. The Balaban J connectivity index is 1.95. The van der Waals surface area contributed by atoms with E-state index in [-0.39, 0.29) is 12.0 Å². The van der Waals surface area contributed by atoms with Crippen molar-refractivity contribution in [2.45, 2.75) is 31.9 Å². The Bertz CT molecular complexity index is 407. The van der Waals surface area contributed by atoms with Gasteiger partial charge >= 0.3 is 0 Å². The van der Waals surface area contributed by atoms with Crippen LogP contribution >= 0.6 is 0 Å². The zero-order valence-electron chi connectivity index (χ0n) is 9.11. The molecule has 16 heavy (non-hydrogen) atoms. The standard InChI is InChI=1S/C11H15N3O2/c15-9-4-5-12-8-7-13-14(11(8)9)10-3-1-2-6-16-10/h7,10,12H,1-6H2. The predicted molar refractivity (Wildman–Crippen MR) is 58.5 cm³/mol. The molecule has 1 unspecified atom stereocenters. The van der Waals surface area contributed by atoms with Gasteiger partial charge in [0.2, 0.25) is 0 Å². The molecule has 1 aromatic rings. The van der Waals surface area contributed by atoms with Crippen LogP contribution in [0.25, 0.3) is 0 Å². The Morgan fingerprint density at radius 2 is 2.44 bits per heavy atom.